The van der Waals surface area contributed by atoms with Gasteiger partial charge in [-0.1, -0.05) is 0 Å². The summed E-state index contributed by atoms with van der Waals surface area (Å²) < 4.78 is 11.5. The van der Waals surface area contributed by atoms with Crippen molar-refractivity contribution in [2.45, 2.75) is 38.2 Å². The van der Waals surface area contributed by atoms with Gasteiger partial charge in [0, 0.05) is 31.5 Å². The van der Waals surface area contributed by atoms with Crippen molar-refractivity contribution in [3.05, 3.63) is 30.3 Å². The van der Waals surface area contributed by atoms with Gasteiger partial charge in [0.25, 0.3) is 5.91 Å². The molecule has 0 spiro atoms. The van der Waals surface area contributed by atoms with Crippen LogP contribution >= 0.6 is 0 Å². The first-order valence-electron chi connectivity index (χ1n) is 9.35. The molecule has 1 fully saturated rings. The van der Waals surface area contributed by atoms with Crippen LogP contribution in [0.15, 0.2) is 29.0 Å². The van der Waals surface area contributed by atoms with E-state index in [-0.39, 0.29) is 17.7 Å². The molecule has 1 amide bonds. The fraction of sp³-hybridized carbons (Fsp3) is 0.526. The first kappa shape index (κ1) is 17.0. The fourth-order valence-corrected chi connectivity index (χ4v) is 3.14. The number of aromatic nitrogens is 2. The zero-order chi connectivity index (χ0) is 17.8. The lowest BCUT2D eigenvalue weighted by Gasteiger charge is -2.17. The van der Waals surface area contributed by atoms with E-state index in [1.807, 2.05) is 12.1 Å². The molecule has 2 aromatic rings. The van der Waals surface area contributed by atoms with E-state index in [4.69, 9.17) is 9.15 Å². The average Bonchev–Trinajstić information content (AvgIpc) is 3.38. The topological polar surface area (TPSA) is 89.3 Å². The Balaban J connectivity index is 1.52. The summed E-state index contributed by atoms with van der Waals surface area (Å²) >= 11 is 0. The predicted octanol–water partition coefficient (Wildman–Crippen LogP) is 2.86. The molecule has 1 atom stereocenters. The van der Waals surface area contributed by atoms with Gasteiger partial charge in [0.05, 0.1) is 6.10 Å². The van der Waals surface area contributed by atoms with Crippen LogP contribution in [-0.4, -0.2) is 41.7 Å². The molecule has 2 aliphatic rings. The number of fused-ring (bicyclic) bond motifs is 5. The summed E-state index contributed by atoms with van der Waals surface area (Å²) in [4.78, 5) is 21.0. The molecular weight excluding hydrogens is 332 g/mol. The van der Waals surface area contributed by atoms with E-state index < -0.39 is 0 Å². The molecule has 2 aromatic heterocycles. The zero-order valence-electron chi connectivity index (χ0n) is 14.7. The van der Waals surface area contributed by atoms with Crippen molar-refractivity contribution in [2.24, 2.45) is 5.92 Å². The highest BCUT2D eigenvalue weighted by Crippen LogP contribution is 2.34. The molecule has 7 heteroatoms. The van der Waals surface area contributed by atoms with Gasteiger partial charge in [-0.2, -0.15) is 0 Å². The predicted molar refractivity (Wildman–Crippen MR) is 96.9 cm³/mol. The van der Waals surface area contributed by atoms with Crippen LogP contribution in [-0.2, 0) is 4.74 Å². The highest BCUT2D eigenvalue weighted by Gasteiger charge is 2.32. The number of nitrogens with zero attached hydrogens (tertiary/aromatic N) is 2. The maximum atomic E-state index is 12.4. The third-order valence-electron chi connectivity index (χ3n) is 4.81. The van der Waals surface area contributed by atoms with E-state index in [9.17, 15) is 4.79 Å². The van der Waals surface area contributed by atoms with E-state index in [2.05, 4.69) is 20.6 Å². The van der Waals surface area contributed by atoms with Crippen molar-refractivity contribution in [1.29, 1.82) is 0 Å². The lowest BCUT2D eigenvalue weighted by Crippen LogP contribution is -2.35. The third-order valence-corrected chi connectivity index (χ3v) is 4.81. The Morgan fingerprint density at radius 2 is 2.08 bits per heavy atom. The van der Waals surface area contributed by atoms with Crippen LogP contribution in [0.5, 0.6) is 0 Å². The molecule has 4 bridgehead atoms. The van der Waals surface area contributed by atoms with Crippen molar-refractivity contribution in [3.8, 4) is 11.5 Å². The van der Waals surface area contributed by atoms with E-state index in [0.717, 1.165) is 43.8 Å². The minimum atomic E-state index is -0.231. The van der Waals surface area contributed by atoms with Crippen molar-refractivity contribution < 1.29 is 13.9 Å². The van der Waals surface area contributed by atoms with Crippen LogP contribution in [0.2, 0.25) is 0 Å². The van der Waals surface area contributed by atoms with Crippen LogP contribution in [0, 0.1) is 5.92 Å². The summed E-state index contributed by atoms with van der Waals surface area (Å²) in [7, 11) is 0. The number of nitrogens with one attached hydrogen (secondary N) is 2. The van der Waals surface area contributed by atoms with Crippen molar-refractivity contribution in [1.82, 2.24) is 15.3 Å². The molecule has 138 valence electrons. The summed E-state index contributed by atoms with van der Waals surface area (Å²) in [6, 6.07) is 3.71. The molecule has 1 unspecified atom stereocenters. The molecule has 0 aromatic carbocycles. The van der Waals surface area contributed by atoms with Gasteiger partial charge < -0.3 is 19.8 Å². The van der Waals surface area contributed by atoms with E-state index in [1.165, 1.54) is 19.1 Å². The number of oxazole rings is 1. The zero-order valence-corrected chi connectivity index (χ0v) is 14.7. The van der Waals surface area contributed by atoms with E-state index >= 15 is 0 Å². The monoisotopic (exact) mass is 356 g/mol. The van der Waals surface area contributed by atoms with Gasteiger partial charge in [-0.05, 0) is 50.2 Å². The number of anilines is 1. The smallest absolute Gasteiger partial charge is 0.273 e. The third kappa shape index (κ3) is 4.22. The second-order valence-corrected chi connectivity index (χ2v) is 6.91. The maximum absolute atomic E-state index is 12.4. The Hall–Kier alpha value is -2.41. The normalized spacial score (nSPS) is 22.2. The molecule has 26 heavy (non-hydrogen) atoms. The number of ether oxygens (including phenoxy) is 1. The minimum Gasteiger partial charge on any atom is -0.444 e. The largest absolute Gasteiger partial charge is 0.444 e. The average molecular weight is 356 g/mol. The minimum absolute atomic E-state index is 0.0957. The van der Waals surface area contributed by atoms with Crippen LogP contribution in [0.1, 0.15) is 42.6 Å². The Morgan fingerprint density at radius 1 is 1.15 bits per heavy atom. The number of carbonyl (C=O) groups is 1. The fourth-order valence-electron chi connectivity index (χ4n) is 3.14. The second-order valence-electron chi connectivity index (χ2n) is 6.91. The Bertz CT molecular complexity index is 757. The van der Waals surface area contributed by atoms with Crippen LogP contribution in [0.25, 0.3) is 11.5 Å². The van der Waals surface area contributed by atoms with Gasteiger partial charge in [-0.3, -0.25) is 4.79 Å². The summed E-state index contributed by atoms with van der Waals surface area (Å²) in [5.41, 5.74) is 1.08. The summed E-state index contributed by atoms with van der Waals surface area (Å²) in [6.45, 7) is 2.12. The van der Waals surface area contributed by atoms with Crippen LogP contribution in [0.3, 0.4) is 0 Å². The van der Waals surface area contributed by atoms with Gasteiger partial charge in [0.2, 0.25) is 5.89 Å². The Labute approximate surface area is 152 Å². The van der Waals surface area contributed by atoms with E-state index in [1.54, 1.807) is 6.20 Å². The number of rotatable bonds is 1. The highest BCUT2D eigenvalue weighted by atomic mass is 16.5. The first-order valence-corrected chi connectivity index (χ1v) is 9.35. The van der Waals surface area contributed by atoms with Gasteiger partial charge in [0.1, 0.15) is 12.1 Å². The standard InChI is InChI=1S/C19H24N4O3/c24-18-15-12-26-19(23-15)14-6-8-21-17(10-14)20-7-2-1-3-9-25-16(11-22-18)13-4-5-13/h6,8,10,12-13,16H,1-5,7,9,11H2,(H,20,21)(H,22,24). The molecule has 3 heterocycles. The Kier molecular flexibility index (Phi) is 5.15. The van der Waals surface area contributed by atoms with Gasteiger partial charge in [0.15, 0.2) is 5.69 Å². The number of carbonyl (C=O) groups excluding carboxylic acids is 1. The summed E-state index contributed by atoms with van der Waals surface area (Å²) in [6.07, 6.45) is 8.75. The second kappa shape index (κ2) is 7.86. The van der Waals surface area contributed by atoms with Crippen molar-refractivity contribution in [2.75, 3.05) is 25.0 Å². The molecule has 0 radical (unpaired) electrons. The van der Waals surface area contributed by atoms with Gasteiger partial charge in [-0.25, -0.2) is 9.97 Å². The molecule has 2 N–H and O–H groups in total. The van der Waals surface area contributed by atoms with Gasteiger partial charge in [-0.15, -0.1) is 0 Å². The van der Waals surface area contributed by atoms with Crippen LogP contribution < -0.4 is 10.6 Å². The van der Waals surface area contributed by atoms with E-state index in [0.29, 0.717) is 18.4 Å². The number of pyridine rings is 1. The molecule has 0 saturated heterocycles. The number of amides is 1. The molecule has 7 nitrogen and oxygen atoms in total. The Morgan fingerprint density at radius 3 is 2.96 bits per heavy atom. The summed E-state index contributed by atoms with van der Waals surface area (Å²) in [5, 5.41) is 6.26. The quantitative estimate of drug-likeness (QED) is 0.817. The molecule has 1 saturated carbocycles. The molecule has 1 aliphatic carbocycles. The number of hydrogen-bond donors (Lipinski definition) is 2. The first-order chi connectivity index (χ1) is 12.8. The lowest BCUT2D eigenvalue weighted by atomic mass is 10.2. The SMILES string of the molecule is O=C1NCC(C2CC2)OCCCCCNc2cc(ccn2)-c2nc1co2. The lowest BCUT2D eigenvalue weighted by molar-refractivity contribution is 0.0351. The molecule has 1 aliphatic heterocycles. The number of hydrogen-bond acceptors (Lipinski definition) is 6. The van der Waals surface area contributed by atoms with Gasteiger partial charge >= 0.3 is 0 Å². The van der Waals surface area contributed by atoms with Crippen molar-refractivity contribution in [3.63, 3.8) is 0 Å². The highest BCUT2D eigenvalue weighted by molar-refractivity contribution is 5.92. The molecular formula is C19H24N4O3. The van der Waals surface area contributed by atoms with Crippen LogP contribution in [0.4, 0.5) is 5.82 Å². The molecule has 4 rings (SSSR count). The summed E-state index contributed by atoms with van der Waals surface area (Å²) in [5.74, 6) is 1.53. The maximum Gasteiger partial charge on any atom is 0.273 e. The van der Waals surface area contributed by atoms with Crippen molar-refractivity contribution >= 4 is 11.7 Å².